The number of nitrogens with one attached hydrogen (secondary N) is 1. The van der Waals surface area contributed by atoms with Crippen molar-refractivity contribution in [2.75, 3.05) is 31.7 Å². The number of rotatable bonds is 2. The van der Waals surface area contributed by atoms with E-state index in [2.05, 4.69) is 21.8 Å². The third-order valence-corrected chi connectivity index (χ3v) is 3.66. The number of para-hydroxylation sites is 1. The molecule has 0 amide bonds. The smallest absolute Gasteiger partial charge is 0.340 e. The summed E-state index contributed by atoms with van der Waals surface area (Å²) in [6.07, 6.45) is 1.13. The number of H-pyrrole nitrogens is 1. The molecule has 0 spiro atoms. The highest BCUT2D eigenvalue weighted by atomic mass is 16.5. The van der Waals surface area contributed by atoms with E-state index >= 15 is 0 Å². The summed E-state index contributed by atoms with van der Waals surface area (Å²) in [6, 6.07) is 5.47. The fourth-order valence-electron chi connectivity index (χ4n) is 2.63. The lowest BCUT2D eigenvalue weighted by atomic mass is 10.2. The number of nitrogens with zero attached hydrogens (tertiary/aromatic N) is 2. The maximum atomic E-state index is 11.8. The lowest BCUT2D eigenvalue weighted by Crippen LogP contribution is -2.30. The fourth-order valence-corrected chi connectivity index (χ4v) is 2.63. The number of methoxy groups -OCH3 is 1. The highest BCUT2D eigenvalue weighted by Crippen LogP contribution is 2.22. The molecular weight excluding hydrogens is 270 g/mol. The summed E-state index contributed by atoms with van der Waals surface area (Å²) < 4.78 is 10.5. The van der Waals surface area contributed by atoms with Gasteiger partial charge in [0.05, 0.1) is 24.3 Å². The minimum Gasteiger partial charge on any atom is -0.465 e. The molecule has 0 saturated carbocycles. The van der Waals surface area contributed by atoms with Gasteiger partial charge in [0.2, 0.25) is 5.95 Å². The average Bonchev–Trinajstić information content (AvgIpc) is 2.81. The molecule has 2 heterocycles. The molecule has 1 atom stereocenters. The maximum absolute atomic E-state index is 11.8. The monoisotopic (exact) mass is 289 g/mol. The number of aromatic amines is 1. The zero-order valence-corrected chi connectivity index (χ0v) is 12.3. The Morgan fingerprint density at radius 1 is 1.52 bits per heavy atom. The van der Waals surface area contributed by atoms with Crippen molar-refractivity contribution < 1.29 is 14.3 Å². The number of benzene rings is 1. The highest BCUT2D eigenvalue weighted by Gasteiger charge is 2.20. The molecule has 0 unspecified atom stereocenters. The maximum Gasteiger partial charge on any atom is 0.340 e. The van der Waals surface area contributed by atoms with Crippen molar-refractivity contribution in [3.05, 3.63) is 23.8 Å². The number of imidazole rings is 1. The summed E-state index contributed by atoms with van der Waals surface area (Å²) in [6.45, 7) is 4.50. The number of ether oxygens (including phenoxy) is 2. The molecule has 2 aromatic rings. The molecule has 21 heavy (non-hydrogen) atoms. The largest absolute Gasteiger partial charge is 0.465 e. The van der Waals surface area contributed by atoms with Crippen LogP contribution in [-0.2, 0) is 9.47 Å². The van der Waals surface area contributed by atoms with E-state index in [4.69, 9.17) is 9.47 Å². The third kappa shape index (κ3) is 2.71. The number of carbonyl (C=O) groups excluding carboxylic acids is 1. The molecule has 1 aromatic carbocycles. The molecule has 0 aliphatic carbocycles. The molecule has 6 heteroatoms. The van der Waals surface area contributed by atoms with Gasteiger partial charge in [-0.25, -0.2) is 9.78 Å². The zero-order valence-electron chi connectivity index (χ0n) is 12.3. The summed E-state index contributed by atoms with van der Waals surface area (Å²) in [5, 5.41) is 0. The second-order valence-corrected chi connectivity index (χ2v) is 5.23. The first-order valence-electron chi connectivity index (χ1n) is 7.12. The Balaban J connectivity index is 1.98. The minimum absolute atomic E-state index is 0.167. The Hall–Kier alpha value is -2.08. The van der Waals surface area contributed by atoms with E-state index in [-0.39, 0.29) is 12.1 Å². The van der Waals surface area contributed by atoms with Crippen molar-refractivity contribution in [3.63, 3.8) is 0 Å². The van der Waals surface area contributed by atoms with Crippen molar-refractivity contribution in [1.82, 2.24) is 9.97 Å². The van der Waals surface area contributed by atoms with Crippen LogP contribution < -0.4 is 4.90 Å². The lowest BCUT2D eigenvalue weighted by molar-refractivity contribution is 0.0602. The summed E-state index contributed by atoms with van der Waals surface area (Å²) in [4.78, 5) is 21.9. The van der Waals surface area contributed by atoms with E-state index in [0.29, 0.717) is 11.1 Å². The molecule has 1 saturated heterocycles. The van der Waals surface area contributed by atoms with Crippen molar-refractivity contribution in [2.24, 2.45) is 0 Å². The Bertz CT molecular complexity index is 653. The number of hydrogen-bond donors (Lipinski definition) is 1. The van der Waals surface area contributed by atoms with Gasteiger partial charge in [0, 0.05) is 19.7 Å². The van der Waals surface area contributed by atoms with Gasteiger partial charge in [-0.15, -0.1) is 0 Å². The molecule has 1 aromatic heterocycles. The summed E-state index contributed by atoms with van der Waals surface area (Å²) in [7, 11) is 1.38. The van der Waals surface area contributed by atoms with Crippen LogP contribution >= 0.6 is 0 Å². The van der Waals surface area contributed by atoms with Gasteiger partial charge in [-0.3, -0.25) is 0 Å². The predicted octanol–water partition coefficient (Wildman–Crippen LogP) is 1.96. The second-order valence-electron chi connectivity index (χ2n) is 5.23. The van der Waals surface area contributed by atoms with E-state index in [0.717, 1.165) is 37.6 Å². The van der Waals surface area contributed by atoms with Crippen LogP contribution in [0.3, 0.4) is 0 Å². The van der Waals surface area contributed by atoms with Crippen LogP contribution in [0.25, 0.3) is 11.0 Å². The van der Waals surface area contributed by atoms with Crippen LogP contribution in [0.4, 0.5) is 5.95 Å². The van der Waals surface area contributed by atoms with Gasteiger partial charge in [0.25, 0.3) is 0 Å². The van der Waals surface area contributed by atoms with E-state index in [1.807, 2.05) is 12.1 Å². The topological polar surface area (TPSA) is 67.5 Å². The Morgan fingerprint density at radius 3 is 3.19 bits per heavy atom. The number of esters is 1. The first kappa shape index (κ1) is 13.9. The SMILES string of the molecule is COC(=O)c1cccc2[nH]c(N3CCCO[C@H](C)C3)nc12. The normalized spacial score (nSPS) is 19.5. The molecule has 1 aliphatic heterocycles. The van der Waals surface area contributed by atoms with Crippen LogP contribution in [0.15, 0.2) is 18.2 Å². The summed E-state index contributed by atoms with van der Waals surface area (Å²) in [5.74, 6) is 0.407. The van der Waals surface area contributed by atoms with Crippen LogP contribution in [0, 0.1) is 0 Å². The van der Waals surface area contributed by atoms with Gasteiger partial charge in [-0.1, -0.05) is 6.07 Å². The first-order valence-corrected chi connectivity index (χ1v) is 7.12. The average molecular weight is 289 g/mol. The van der Waals surface area contributed by atoms with E-state index in [1.165, 1.54) is 7.11 Å². The Labute approximate surface area is 123 Å². The number of anilines is 1. The van der Waals surface area contributed by atoms with Gasteiger partial charge < -0.3 is 19.4 Å². The third-order valence-electron chi connectivity index (χ3n) is 3.66. The van der Waals surface area contributed by atoms with Gasteiger partial charge >= 0.3 is 5.97 Å². The molecule has 0 bridgehead atoms. The van der Waals surface area contributed by atoms with Crippen molar-refractivity contribution in [2.45, 2.75) is 19.4 Å². The molecule has 112 valence electrons. The van der Waals surface area contributed by atoms with Crippen LogP contribution in [0.5, 0.6) is 0 Å². The number of aromatic nitrogens is 2. The second kappa shape index (κ2) is 5.73. The van der Waals surface area contributed by atoms with Crippen molar-refractivity contribution in [3.8, 4) is 0 Å². The molecule has 6 nitrogen and oxygen atoms in total. The minimum atomic E-state index is -0.369. The van der Waals surface area contributed by atoms with Crippen molar-refractivity contribution in [1.29, 1.82) is 0 Å². The highest BCUT2D eigenvalue weighted by molar-refractivity contribution is 6.02. The molecular formula is C15H19N3O3. The molecule has 1 aliphatic rings. The van der Waals surface area contributed by atoms with Gasteiger partial charge in [0.1, 0.15) is 5.52 Å². The lowest BCUT2D eigenvalue weighted by Gasteiger charge is -2.20. The Kier molecular flexibility index (Phi) is 3.79. The van der Waals surface area contributed by atoms with Crippen molar-refractivity contribution >= 4 is 23.0 Å². The van der Waals surface area contributed by atoms with E-state index in [1.54, 1.807) is 6.07 Å². The van der Waals surface area contributed by atoms with Gasteiger partial charge in [0.15, 0.2) is 0 Å². The molecule has 0 radical (unpaired) electrons. The predicted molar refractivity (Wildman–Crippen MR) is 79.7 cm³/mol. The fraction of sp³-hybridized carbons (Fsp3) is 0.467. The number of fused-ring (bicyclic) bond motifs is 1. The number of carbonyl (C=O) groups is 1. The van der Waals surface area contributed by atoms with E-state index in [9.17, 15) is 4.79 Å². The Morgan fingerprint density at radius 2 is 2.38 bits per heavy atom. The zero-order chi connectivity index (χ0) is 14.8. The van der Waals surface area contributed by atoms with Gasteiger partial charge in [-0.05, 0) is 25.5 Å². The van der Waals surface area contributed by atoms with Crippen LogP contribution in [-0.4, -0.2) is 48.8 Å². The molecule has 1 N–H and O–H groups in total. The van der Waals surface area contributed by atoms with Gasteiger partial charge in [-0.2, -0.15) is 0 Å². The summed E-state index contributed by atoms with van der Waals surface area (Å²) >= 11 is 0. The number of hydrogen-bond acceptors (Lipinski definition) is 5. The standard InChI is InChI=1S/C15H19N3O3/c1-10-9-18(7-4-8-21-10)15-16-12-6-3-5-11(13(12)17-15)14(19)20-2/h3,5-6,10H,4,7-9H2,1-2H3,(H,16,17)/t10-/m1/s1. The van der Waals surface area contributed by atoms with E-state index < -0.39 is 0 Å². The quantitative estimate of drug-likeness (QED) is 0.856. The van der Waals surface area contributed by atoms with Crippen LogP contribution in [0.2, 0.25) is 0 Å². The molecule has 1 fully saturated rings. The summed E-state index contributed by atoms with van der Waals surface area (Å²) in [5.41, 5.74) is 1.97. The first-order chi connectivity index (χ1) is 10.2. The van der Waals surface area contributed by atoms with Crippen LogP contribution in [0.1, 0.15) is 23.7 Å². The molecule has 3 rings (SSSR count).